The Labute approximate surface area is 184 Å². The molecule has 2 saturated heterocycles. The van der Waals surface area contributed by atoms with Crippen molar-refractivity contribution in [3.05, 3.63) is 48.0 Å². The van der Waals surface area contributed by atoms with Gasteiger partial charge in [-0.25, -0.2) is 4.79 Å². The molecule has 3 amide bonds. The zero-order valence-corrected chi connectivity index (χ0v) is 18.8. The topological polar surface area (TPSA) is 53.1 Å². The van der Waals surface area contributed by atoms with Crippen LogP contribution in [0.4, 0.5) is 4.79 Å². The molecule has 2 aromatic carbocycles. The van der Waals surface area contributed by atoms with Gasteiger partial charge in [-0.2, -0.15) is 0 Å². The van der Waals surface area contributed by atoms with Crippen molar-refractivity contribution in [1.29, 1.82) is 0 Å². The summed E-state index contributed by atoms with van der Waals surface area (Å²) in [5.41, 5.74) is 0.255. The van der Waals surface area contributed by atoms with E-state index < -0.39 is 5.54 Å². The zero-order chi connectivity index (χ0) is 22.0. The average Bonchev–Trinajstić information content (AvgIpc) is 2.99. The molecule has 166 valence electrons. The average molecular weight is 424 g/mol. The van der Waals surface area contributed by atoms with Gasteiger partial charge in [0.25, 0.3) is 5.91 Å². The van der Waals surface area contributed by atoms with Crippen molar-refractivity contribution in [3.63, 3.8) is 0 Å². The normalized spacial score (nSPS) is 20.2. The standard InChI is InChI=1S/C25H33N3O3/c1-4-19(2)26-14-12-25(13-15-26)23(29)27(24(30)28(25)16-17-31-3)18-21-10-7-9-20-8-5-6-11-22(20)21/h5-11,19H,4,12-18H2,1-3H3/t19-/m1/s1. The van der Waals surface area contributed by atoms with E-state index in [1.54, 1.807) is 12.0 Å². The van der Waals surface area contributed by atoms with E-state index in [1.807, 2.05) is 24.3 Å². The lowest BCUT2D eigenvalue weighted by molar-refractivity contribution is -0.136. The smallest absolute Gasteiger partial charge is 0.328 e. The summed E-state index contributed by atoms with van der Waals surface area (Å²) >= 11 is 0. The zero-order valence-electron chi connectivity index (χ0n) is 18.8. The van der Waals surface area contributed by atoms with Gasteiger partial charge in [0.2, 0.25) is 0 Å². The number of nitrogens with zero attached hydrogens (tertiary/aromatic N) is 3. The number of ether oxygens (including phenoxy) is 1. The van der Waals surface area contributed by atoms with E-state index in [1.165, 1.54) is 4.90 Å². The van der Waals surface area contributed by atoms with Crippen LogP contribution < -0.4 is 0 Å². The van der Waals surface area contributed by atoms with Crippen molar-refractivity contribution in [3.8, 4) is 0 Å². The van der Waals surface area contributed by atoms with Crippen molar-refractivity contribution in [2.24, 2.45) is 0 Å². The van der Waals surface area contributed by atoms with Crippen LogP contribution in [0, 0.1) is 0 Å². The molecule has 0 radical (unpaired) electrons. The minimum absolute atomic E-state index is 0.0506. The minimum atomic E-state index is -0.746. The van der Waals surface area contributed by atoms with E-state index in [0.29, 0.717) is 38.6 Å². The van der Waals surface area contributed by atoms with Gasteiger partial charge in [0, 0.05) is 32.8 Å². The van der Waals surface area contributed by atoms with E-state index in [9.17, 15) is 9.59 Å². The fourth-order valence-electron chi connectivity index (χ4n) is 5.09. The lowest BCUT2D eigenvalue weighted by atomic mass is 9.85. The number of hydrogen-bond donors (Lipinski definition) is 0. The Kier molecular flexibility index (Phi) is 6.30. The first-order valence-corrected chi connectivity index (χ1v) is 11.3. The third-order valence-corrected chi connectivity index (χ3v) is 7.19. The Morgan fingerprint density at radius 3 is 2.48 bits per heavy atom. The summed E-state index contributed by atoms with van der Waals surface area (Å²) in [6.07, 6.45) is 2.44. The van der Waals surface area contributed by atoms with Gasteiger partial charge in [0.1, 0.15) is 5.54 Å². The molecule has 0 bridgehead atoms. The summed E-state index contributed by atoms with van der Waals surface area (Å²) in [7, 11) is 1.63. The largest absolute Gasteiger partial charge is 0.383 e. The van der Waals surface area contributed by atoms with Crippen LogP contribution in [0.1, 0.15) is 38.7 Å². The number of hydrogen-bond acceptors (Lipinski definition) is 4. The Morgan fingerprint density at radius 1 is 1.06 bits per heavy atom. The van der Waals surface area contributed by atoms with E-state index >= 15 is 0 Å². The van der Waals surface area contributed by atoms with Gasteiger partial charge in [-0.05, 0) is 42.5 Å². The fraction of sp³-hybridized carbons (Fsp3) is 0.520. The predicted molar refractivity (Wildman–Crippen MR) is 122 cm³/mol. The second kappa shape index (κ2) is 8.97. The van der Waals surface area contributed by atoms with Crippen LogP contribution in [0.5, 0.6) is 0 Å². The Morgan fingerprint density at radius 2 is 1.77 bits per heavy atom. The number of imide groups is 1. The molecule has 0 aliphatic carbocycles. The van der Waals surface area contributed by atoms with Gasteiger partial charge >= 0.3 is 6.03 Å². The van der Waals surface area contributed by atoms with Crippen molar-refractivity contribution in [2.75, 3.05) is 33.4 Å². The third-order valence-electron chi connectivity index (χ3n) is 7.19. The maximum absolute atomic E-state index is 13.8. The van der Waals surface area contributed by atoms with Crippen LogP contribution >= 0.6 is 0 Å². The molecular formula is C25H33N3O3. The molecule has 31 heavy (non-hydrogen) atoms. The summed E-state index contributed by atoms with van der Waals surface area (Å²) < 4.78 is 5.28. The van der Waals surface area contributed by atoms with Crippen LogP contribution in [-0.4, -0.2) is 71.6 Å². The molecule has 2 aliphatic rings. The highest BCUT2D eigenvalue weighted by atomic mass is 16.5. The molecule has 0 unspecified atom stereocenters. The number of likely N-dealkylation sites (tertiary alicyclic amines) is 1. The highest BCUT2D eigenvalue weighted by Crippen LogP contribution is 2.39. The van der Waals surface area contributed by atoms with Gasteiger partial charge in [0.15, 0.2) is 0 Å². The van der Waals surface area contributed by atoms with Crippen molar-refractivity contribution >= 4 is 22.7 Å². The van der Waals surface area contributed by atoms with E-state index in [-0.39, 0.29) is 11.9 Å². The van der Waals surface area contributed by atoms with Crippen molar-refractivity contribution in [2.45, 2.75) is 51.2 Å². The Balaban J connectivity index is 1.62. The van der Waals surface area contributed by atoms with Gasteiger partial charge in [-0.15, -0.1) is 0 Å². The van der Waals surface area contributed by atoms with E-state index in [0.717, 1.165) is 35.8 Å². The molecule has 0 N–H and O–H groups in total. The Bertz CT molecular complexity index is 947. The second-order valence-corrected chi connectivity index (χ2v) is 8.78. The van der Waals surface area contributed by atoms with Gasteiger partial charge < -0.3 is 14.5 Å². The van der Waals surface area contributed by atoms with Crippen molar-refractivity contribution in [1.82, 2.24) is 14.7 Å². The first-order valence-electron chi connectivity index (χ1n) is 11.3. The summed E-state index contributed by atoms with van der Waals surface area (Å²) in [6, 6.07) is 14.5. The van der Waals surface area contributed by atoms with Crippen LogP contribution in [-0.2, 0) is 16.1 Å². The summed E-state index contributed by atoms with van der Waals surface area (Å²) in [4.78, 5) is 32.9. The number of amides is 3. The quantitative estimate of drug-likeness (QED) is 0.634. The number of carbonyl (C=O) groups excluding carboxylic acids is 2. The first kappa shape index (κ1) is 21.8. The van der Waals surface area contributed by atoms with Crippen LogP contribution in [0.2, 0.25) is 0 Å². The lowest BCUT2D eigenvalue weighted by Crippen LogP contribution is -2.58. The van der Waals surface area contributed by atoms with Gasteiger partial charge in [0.05, 0.1) is 13.2 Å². The number of piperidine rings is 1. The van der Waals surface area contributed by atoms with E-state index in [2.05, 4.69) is 36.9 Å². The maximum atomic E-state index is 13.8. The number of fused-ring (bicyclic) bond motifs is 1. The van der Waals surface area contributed by atoms with Crippen LogP contribution in [0.15, 0.2) is 42.5 Å². The fourth-order valence-corrected chi connectivity index (χ4v) is 5.09. The molecule has 2 aliphatic heterocycles. The lowest BCUT2D eigenvalue weighted by Gasteiger charge is -2.43. The SMILES string of the molecule is CC[C@@H](C)N1CCC2(CC1)C(=O)N(Cc1cccc3ccccc13)C(=O)N2CCOC. The summed E-state index contributed by atoms with van der Waals surface area (Å²) in [6.45, 7) is 7.26. The molecule has 2 aromatic rings. The van der Waals surface area contributed by atoms with Crippen LogP contribution in [0.3, 0.4) is 0 Å². The molecule has 1 spiro atoms. The molecule has 4 rings (SSSR count). The first-order chi connectivity index (χ1) is 15.0. The molecule has 0 aromatic heterocycles. The van der Waals surface area contributed by atoms with Crippen LogP contribution in [0.25, 0.3) is 10.8 Å². The third kappa shape index (κ3) is 3.83. The minimum Gasteiger partial charge on any atom is -0.383 e. The molecule has 2 fully saturated rings. The molecule has 6 nitrogen and oxygen atoms in total. The highest BCUT2D eigenvalue weighted by molar-refractivity contribution is 6.07. The summed E-state index contributed by atoms with van der Waals surface area (Å²) in [5.74, 6) is -0.0506. The Hall–Kier alpha value is -2.44. The number of rotatable bonds is 7. The molecule has 6 heteroatoms. The number of urea groups is 1. The number of benzene rings is 2. The molecular weight excluding hydrogens is 390 g/mol. The molecule has 0 saturated carbocycles. The predicted octanol–water partition coefficient (Wildman–Crippen LogP) is 3.88. The molecule has 2 heterocycles. The van der Waals surface area contributed by atoms with Gasteiger partial charge in [-0.3, -0.25) is 9.69 Å². The number of methoxy groups -OCH3 is 1. The highest BCUT2D eigenvalue weighted by Gasteiger charge is 2.57. The summed E-state index contributed by atoms with van der Waals surface area (Å²) in [5, 5.41) is 2.20. The maximum Gasteiger partial charge on any atom is 0.328 e. The second-order valence-electron chi connectivity index (χ2n) is 8.78. The van der Waals surface area contributed by atoms with Gasteiger partial charge in [-0.1, -0.05) is 49.4 Å². The number of carbonyl (C=O) groups is 2. The van der Waals surface area contributed by atoms with E-state index in [4.69, 9.17) is 4.74 Å². The van der Waals surface area contributed by atoms with Crippen molar-refractivity contribution < 1.29 is 14.3 Å². The molecule has 1 atom stereocenters. The monoisotopic (exact) mass is 423 g/mol.